The van der Waals surface area contributed by atoms with Crippen molar-refractivity contribution in [3.8, 4) is 0 Å². The molecular formula is C33H37ClN4O3. The van der Waals surface area contributed by atoms with E-state index in [4.69, 9.17) is 11.6 Å². The molecule has 3 aromatic rings. The monoisotopic (exact) mass is 572 g/mol. The average molecular weight is 573 g/mol. The number of benzene rings is 3. The fourth-order valence-corrected chi connectivity index (χ4v) is 6.02. The van der Waals surface area contributed by atoms with E-state index in [-0.39, 0.29) is 23.6 Å². The van der Waals surface area contributed by atoms with Crippen LogP contribution in [0, 0.1) is 0 Å². The van der Waals surface area contributed by atoms with Crippen LogP contribution < -0.4 is 10.2 Å². The molecule has 7 nitrogen and oxygen atoms in total. The zero-order valence-electron chi connectivity index (χ0n) is 23.5. The predicted molar refractivity (Wildman–Crippen MR) is 164 cm³/mol. The summed E-state index contributed by atoms with van der Waals surface area (Å²) in [6.07, 6.45) is 3.86. The van der Waals surface area contributed by atoms with E-state index in [1.165, 1.54) is 0 Å². The number of amides is 3. The third-order valence-electron chi connectivity index (χ3n) is 8.09. The number of anilines is 2. The minimum absolute atomic E-state index is 0.0258. The smallest absolute Gasteiger partial charge is 0.257 e. The summed E-state index contributed by atoms with van der Waals surface area (Å²) in [7, 11) is 0. The van der Waals surface area contributed by atoms with Crippen LogP contribution in [0.5, 0.6) is 0 Å². The normalized spacial score (nSPS) is 16.3. The number of piperidine rings is 1. The second-order valence-electron chi connectivity index (χ2n) is 10.7. The number of nitrogens with one attached hydrogen (secondary N) is 1. The maximum absolute atomic E-state index is 13.8. The zero-order chi connectivity index (χ0) is 28.8. The lowest BCUT2D eigenvalue weighted by molar-refractivity contribution is -0.133. The van der Waals surface area contributed by atoms with Gasteiger partial charge in [-0.2, -0.15) is 0 Å². The van der Waals surface area contributed by atoms with Crippen LogP contribution in [0.2, 0.25) is 5.02 Å². The van der Waals surface area contributed by atoms with E-state index in [2.05, 4.69) is 17.1 Å². The first-order chi connectivity index (χ1) is 20.0. The molecule has 5 rings (SSSR count). The maximum atomic E-state index is 13.8. The van der Waals surface area contributed by atoms with Gasteiger partial charge in [0.2, 0.25) is 5.91 Å². The molecule has 41 heavy (non-hydrogen) atoms. The molecule has 2 fully saturated rings. The molecule has 0 bridgehead atoms. The highest BCUT2D eigenvalue weighted by atomic mass is 35.5. The third-order valence-corrected chi connectivity index (χ3v) is 8.42. The van der Waals surface area contributed by atoms with Crippen LogP contribution in [0.15, 0.2) is 72.8 Å². The van der Waals surface area contributed by atoms with Gasteiger partial charge >= 0.3 is 0 Å². The number of carbonyl (C=O) groups is 3. The van der Waals surface area contributed by atoms with Gasteiger partial charge in [0.05, 0.1) is 22.1 Å². The SMILES string of the molecule is CC[C@@H](C(=O)N1CCN(c2ccc(NC(=O)c3ccccc3Cl)cc2C(=O)N2CCCCC2)CC1)c1ccccc1. The fraction of sp³-hybridized carbons (Fsp3) is 0.364. The van der Waals surface area contributed by atoms with Crippen molar-refractivity contribution in [3.05, 3.63) is 94.5 Å². The van der Waals surface area contributed by atoms with Crippen LogP contribution in [-0.2, 0) is 4.79 Å². The Morgan fingerprint density at radius 2 is 1.46 bits per heavy atom. The number of hydrogen-bond acceptors (Lipinski definition) is 4. The molecule has 2 heterocycles. The molecule has 0 saturated carbocycles. The van der Waals surface area contributed by atoms with Gasteiger partial charge in [-0.05, 0) is 61.6 Å². The second-order valence-corrected chi connectivity index (χ2v) is 11.1. The molecule has 0 aliphatic carbocycles. The van der Waals surface area contributed by atoms with Crippen molar-refractivity contribution in [3.63, 3.8) is 0 Å². The Bertz CT molecular complexity index is 1380. The molecule has 3 amide bonds. The lowest BCUT2D eigenvalue weighted by Crippen LogP contribution is -2.50. The van der Waals surface area contributed by atoms with Crippen LogP contribution in [0.3, 0.4) is 0 Å². The van der Waals surface area contributed by atoms with E-state index in [1.807, 2.05) is 52.3 Å². The molecule has 0 unspecified atom stereocenters. The molecule has 8 heteroatoms. The summed E-state index contributed by atoms with van der Waals surface area (Å²) < 4.78 is 0. The van der Waals surface area contributed by atoms with E-state index in [0.717, 1.165) is 50.0 Å². The summed E-state index contributed by atoms with van der Waals surface area (Å²) >= 11 is 6.24. The quantitative estimate of drug-likeness (QED) is 0.373. The van der Waals surface area contributed by atoms with Gasteiger partial charge in [0.1, 0.15) is 0 Å². The standard InChI is InChI=1S/C33H37ClN4O3/c1-2-26(24-11-5-3-6-12-24)32(40)38-21-19-36(20-22-38)30-16-15-25(35-31(39)27-13-7-8-14-29(27)34)23-28(30)33(41)37-17-9-4-10-18-37/h3,5-8,11-16,23,26H,2,4,9-10,17-22H2,1H3,(H,35,39)/t26-/m1/s1. The van der Waals surface area contributed by atoms with Gasteiger partial charge in [-0.3, -0.25) is 14.4 Å². The highest BCUT2D eigenvalue weighted by molar-refractivity contribution is 6.34. The molecule has 0 radical (unpaired) electrons. The van der Waals surface area contributed by atoms with Crippen LogP contribution >= 0.6 is 11.6 Å². The van der Waals surface area contributed by atoms with Gasteiger partial charge < -0.3 is 20.0 Å². The van der Waals surface area contributed by atoms with Gasteiger partial charge in [-0.1, -0.05) is 61.0 Å². The Labute approximate surface area is 247 Å². The first kappa shape index (κ1) is 28.7. The van der Waals surface area contributed by atoms with E-state index in [1.54, 1.807) is 30.3 Å². The molecule has 0 spiro atoms. The Hall–Kier alpha value is -3.84. The number of halogens is 1. The van der Waals surface area contributed by atoms with Gasteiger partial charge in [0, 0.05) is 50.6 Å². The number of piperazine rings is 1. The van der Waals surface area contributed by atoms with Crippen molar-refractivity contribution in [1.29, 1.82) is 0 Å². The number of hydrogen-bond donors (Lipinski definition) is 1. The Morgan fingerprint density at radius 3 is 2.15 bits per heavy atom. The number of rotatable bonds is 7. The maximum Gasteiger partial charge on any atom is 0.257 e. The van der Waals surface area contributed by atoms with Crippen molar-refractivity contribution < 1.29 is 14.4 Å². The largest absolute Gasteiger partial charge is 0.367 e. The van der Waals surface area contributed by atoms with Gasteiger partial charge in [0.15, 0.2) is 0 Å². The summed E-state index contributed by atoms with van der Waals surface area (Å²) in [5.74, 6) is -0.349. The minimum atomic E-state index is -0.323. The zero-order valence-corrected chi connectivity index (χ0v) is 24.3. The van der Waals surface area contributed by atoms with Crippen LogP contribution in [0.1, 0.15) is 64.8 Å². The van der Waals surface area contributed by atoms with E-state index in [9.17, 15) is 14.4 Å². The molecule has 3 aromatic carbocycles. The first-order valence-electron chi connectivity index (χ1n) is 14.5. The molecule has 2 aliphatic heterocycles. The van der Waals surface area contributed by atoms with Crippen molar-refractivity contribution in [1.82, 2.24) is 9.80 Å². The molecule has 0 aromatic heterocycles. The summed E-state index contributed by atoms with van der Waals surface area (Å²) in [6.45, 7) is 5.94. The molecular weight excluding hydrogens is 536 g/mol. The highest BCUT2D eigenvalue weighted by Crippen LogP contribution is 2.30. The molecule has 1 N–H and O–H groups in total. The second kappa shape index (κ2) is 13.2. The topological polar surface area (TPSA) is 73.0 Å². The van der Waals surface area contributed by atoms with Gasteiger partial charge in [0.25, 0.3) is 11.8 Å². The van der Waals surface area contributed by atoms with Crippen LogP contribution in [0.25, 0.3) is 0 Å². The van der Waals surface area contributed by atoms with E-state index in [0.29, 0.717) is 48.0 Å². The lowest BCUT2D eigenvalue weighted by Gasteiger charge is -2.38. The predicted octanol–water partition coefficient (Wildman–Crippen LogP) is 6.06. The molecule has 2 aliphatic rings. The number of nitrogens with zero attached hydrogens (tertiary/aromatic N) is 3. The minimum Gasteiger partial charge on any atom is -0.367 e. The van der Waals surface area contributed by atoms with Crippen LogP contribution in [-0.4, -0.2) is 66.8 Å². The van der Waals surface area contributed by atoms with Gasteiger partial charge in [-0.25, -0.2) is 0 Å². The summed E-state index contributed by atoms with van der Waals surface area (Å²) in [4.78, 5) is 46.2. The third kappa shape index (κ3) is 6.57. The molecule has 214 valence electrons. The summed E-state index contributed by atoms with van der Waals surface area (Å²) in [5, 5.41) is 3.29. The van der Waals surface area contributed by atoms with Crippen LogP contribution in [0.4, 0.5) is 11.4 Å². The Balaban J connectivity index is 1.35. The Morgan fingerprint density at radius 1 is 0.780 bits per heavy atom. The number of likely N-dealkylation sites (tertiary alicyclic amines) is 1. The summed E-state index contributed by atoms with van der Waals surface area (Å²) in [6, 6.07) is 22.4. The Kier molecular flexibility index (Phi) is 9.24. The fourth-order valence-electron chi connectivity index (χ4n) is 5.80. The van der Waals surface area contributed by atoms with Gasteiger partial charge in [-0.15, -0.1) is 0 Å². The van der Waals surface area contributed by atoms with E-state index >= 15 is 0 Å². The molecule has 1 atom stereocenters. The lowest BCUT2D eigenvalue weighted by atomic mass is 9.94. The summed E-state index contributed by atoms with van der Waals surface area (Å²) in [5.41, 5.74) is 3.37. The first-order valence-corrected chi connectivity index (χ1v) is 14.9. The average Bonchev–Trinajstić information content (AvgIpc) is 3.02. The van der Waals surface area contributed by atoms with Crippen molar-refractivity contribution in [2.24, 2.45) is 0 Å². The highest BCUT2D eigenvalue weighted by Gasteiger charge is 2.30. The number of carbonyl (C=O) groups excluding carboxylic acids is 3. The van der Waals surface area contributed by atoms with Crippen molar-refractivity contribution in [2.75, 3.05) is 49.5 Å². The van der Waals surface area contributed by atoms with E-state index < -0.39 is 0 Å². The van der Waals surface area contributed by atoms with Crippen molar-refractivity contribution >= 4 is 40.7 Å². The van der Waals surface area contributed by atoms with Crippen molar-refractivity contribution in [2.45, 2.75) is 38.5 Å². The molecule has 2 saturated heterocycles.